The van der Waals surface area contributed by atoms with Crippen molar-refractivity contribution in [2.24, 2.45) is 5.41 Å². The first-order valence-corrected chi connectivity index (χ1v) is 9.98. The molecule has 2 atom stereocenters. The van der Waals surface area contributed by atoms with Crippen LogP contribution in [0.3, 0.4) is 0 Å². The normalized spacial score (nSPS) is 12.5. The highest BCUT2D eigenvalue weighted by molar-refractivity contribution is 5.91. The number of carbonyl (C=O) groups is 3. The van der Waals surface area contributed by atoms with Crippen molar-refractivity contribution in [3.05, 3.63) is 59.4 Å². The zero-order valence-corrected chi connectivity index (χ0v) is 18.5. The third kappa shape index (κ3) is 6.48. The van der Waals surface area contributed by atoms with Crippen LogP contribution >= 0.6 is 0 Å². The molecule has 0 aliphatic carbocycles. The molecule has 1 heterocycles. The second-order valence-electron chi connectivity index (χ2n) is 8.32. The van der Waals surface area contributed by atoms with Crippen LogP contribution < -0.4 is 10.6 Å². The van der Waals surface area contributed by atoms with E-state index in [1.54, 1.807) is 42.7 Å². The van der Waals surface area contributed by atoms with Gasteiger partial charge in [0.25, 0.3) is 0 Å². The van der Waals surface area contributed by atoms with Crippen molar-refractivity contribution >= 4 is 17.8 Å². The lowest BCUT2D eigenvalue weighted by Crippen LogP contribution is -2.54. The molecule has 2 rings (SSSR count). The molecule has 0 bridgehead atoms. The van der Waals surface area contributed by atoms with E-state index in [0.717, 1.165) is 5.56 Å². The molecule has 32 heavy (non-hydrogen) atoms. The Hall–Kier alpha value is -4.04. The number of carboxylic acid groups (broad SMARTS) is 1. The van der Waals surface area contributed by atoms with Gasteiger partial charge in [-0.05, 0) is 35.7 Å². The summed E-state index contributed by atoms with van der Waals surface area (Å²) in [5.41, 5.74) is 1.28. The molecular weight excluding hydrogens is 408 g/mol. The molecule has 0 radical (unpaired) electrons. The molecule has 166 valence electrons. The molecule has 8 nitrogen and oxygen atoms in total. The van der Waals surface area contributed by atoms with Gasteiger partial charge in [-0.25, -0.2) is 0 Å². The van der Waals surface area contributed by atoms with E-state index in [-0.39, 0.29) is 5.91 Å². The number of aliphatic carboxylic acids is 1. The van der Waals surface area contributed by atoms with Crippen molar-refractivity contribution in [3.8, 4) is 17.9 Å². The highest BCUT2D eigenvalue weighted by atomic mass is 16.4. The lowest BCUT2D eigenvalue weighted by molar-refractivity contribution is -0.141. The number of carbonyl (C=O) groups excluding carboxylic acids is 2. The number of nitrogens with zero attached hydrogens (tertiary/aromatic N) is 2. The number of nitriles is 1. The number of hydrogen-bond acceptors (Lipinski definition) is 4. The van der Waals surface area contributed by atoms with Crippen LogP contribution in [0.15, 0.2) is 42.7 Å². The van der Waals surface area contributed by atoms with Gasteiger partial charge >= 0.3 is 5.97 Å². The van der Waals surface area contributed by atoms with E-state index in [1.165, 1.54) is 11.6 Å². The zero-order chi connectivity index (χ0) is 23.9. The number of nitrogens with one attached hydrogen (secondary N) is 2. The lowest BCUT2D eigenvalue weighted by Gasteiger charge is -2.31. The number of aromatic nitrogens is 1. The maximum atomic E-state index is 13.0. The predicted molar refractivity (Wildman–Crippen MR) is 118 cm³/mol. The highest BCUT2D eigenvalue weighted by Crippen LogP contribution is 2.22. The number of carboxylic acids is 1. The third-order valence-corrected chi connectivity index (χ3v) is 4.77. The Balaban J connectivity index is 2.26. The van der Waals surface area contributed by atoms with Crippen molar-refractivity contribution in [2.45, 2.75) is 39.3 Å². The van der Waals surface area contributed by atoms with Crippen LogP contribution in [0.2, 0.25) is 0 Å². The van der Waals surface area contributed by atoms with E-state index in [1.807, 2.05) is 26.8 Å². The van der Waals surface area contributed by atoms with Crippen molar-refractivity contribution in [1.29, 1.82) is 5.26 Å². The zero-order valence-electron chi connectivity index (χ0n) is 18.5. The van der Waals surface area contributed by atoms with Crippen LogP contribution in [0.25, 0.3) is 0 Å². The Kier molecular flexibility index (Phi) is 7.81. The highest BCUT2D eigenvalue weighted by Gasteiger charge is 2.34. The van der Waals surface area contributed by atoms with Crippen molar-refractivity contribution < 1.29 is 19.5 Å². The number of rotatable bonds is 6. The molecule has 0 unspecified atom stereocenters. The molecule has 0 aliphatic heterocycles. The van der Waals surface area contributed by atoms with Crippen molar-refractivity contribution in [3.63, 3.8) is 0 Å². The first-order chi connectivity index (χ1) is 15.0. The quantitative estimate of drug-likeness (QED) is 0.600. The summed E-state index contributed by atoms with van der Waals surface area (Å²) < 4.78 is 1.48. The molecule has 0 spiro atoms. The maximum Gasteiger partial charge on any atom is 0.306 e. The van der Waals surface area contributed by atoms with Gasteiger partial charge in [0.1, 0.15) is 12.1 Å². The second-order valence-corrected chi connectivity index (χ2v) is 8.32. The summed E-state index contributed by atoms with van der Waals surface area (Å²) in [7, 11) is 1.48. The summed E-state index contributed by atoms with van der Waals surface area (Å²) >= 11 is 0. The van der Waals surface area contributed by atoms with E-state index in [2.05, 4.69) is 22.5 Å². The van der Waals surface area contributed by atoms with Crippen molar-refractivity contribution in [1.82, 2.24) is 15.2 Å². The number of amides is 2. The Morgan fingerprint density at radius 2 is 1.62 bits per heavy atom. The molecule has 0 saturated carbocycles. The second kappa shape index (κ2) is 10.3. The summed E-state index contributed by atoms with van der Waals surface area (Å²) in [6, 6.07) is 8.64. The number of benzene rings is 1. The minimum atomic E-state index is -1.14. The van der Waals surface area contributed by atoms with E-state index >= 15 is 0 Å². The minimum absolute atomic E-state index is 0.360. The van der Waals surface area contributed by atoms with Gasteiger partial charge in [-0.15, -0.1) is 0 Å². The van der Waals surface area contributed by atoms with Crippen LogP contribution in [0, 0.1) is 28.6 Å². The van der Waals surface area contributed by atoms with Gasteiger partial charge in [-0.2, -0.15) is 5.26 Å². The van der Waals surface area contributed by atoms with Crippen molar-refractivity contribution in [2.75, 3.05) is 7.05 Å². The molecule has 2 aromatic rings. The first-order valence-electron chi connectivity index (χ1n) is 9.98. The Labute approximate surface area is 187 Å². The van der Waals surface area contributed by atoms with Crippen LogP contribution in [0.1, 0.15) is 49.9 Å². The Morgan fingerprint density at radius 3 is 2.16 bits per heavy atom. The smallest absolute Gasteiger partial charge is 0.306 e. The fourth-order valence-electron chi connectivity index (χ4n) is 3.01. The molecule has 0 aliphatic rings. The molecule has 0 saturated heterocycles. The topological polar surface area (TPSA) is 124 Å². The molecule has 2 amide bonds. The van der Waals surface area contributed by atoms with E-state index in [9.17, 15) is 19.5 Å². The van der Waals surface area contributed by atoms with E-state index in [0.29, 0.717) is 11.1 Å². The SMILES string of the molecule is CNC(=O)[C@@H](NC(=O)[C@@H](CC(=O)O)n1ccc(C#Cc2ccc(C#N)cc2)c1)C(C)(C)C. The number of hydrogen-bond donors (Lipinski definition) is 3. The fourth-order valence-corrected chi connectivity index (χ4v) is 3.01. The third-order valence-electron chi connectivity index (χ3n) is 4.77. The van der Waals surface area contributed by atoms with E-state index < -0.39 is 35.8 Å². The summed E-state index contributed by atoms with van der Waals surface area (Å²) in [5.74, 6) is 3.85. The van der Waals surface area contributed by atoms with Gasteiger partial charge in [-0.3, -0.25) is 14.4 Å². The standard InChI is InChI=1S/C24H26N4O4/c1-24(2,3)21(23(32)26-4)27-22(31)19(13-20(29)30)28-12-11-18(15-28)10-7-16-5-8-17(14-25)9-6-16/h5-6,8-9,11-12,15,19,21H,13H2,1-4H3,(H,26,32)(H,27,31)(H,29,30)/t19-,21-/m1/s1. The average molecular weight is 434 g/mol. The maximum absolute atomic E-state index is 13.0. The molecule has 1 aromatic carbocycles. The molecular formula is C24H26N4O4. The van der Waals surface area contributed by atoms with Crippen LogP contribution in [-0.4, -0.2) is 40.5 Å². The monoisotopic (exact) mass is 434 g/mol. The summed E-state index contributed by atoms with van der Waals surface area (Å²) in [5, 5.41) is 23.4. The fraction of sp³-hybridized carbons (Fsp3) is 0.333. The van der Waals surface area contributed by atoms with Crippen LogP contribution in [-0.2, 0) is 14.4 Å². The van der Waals surface area contributed by atoms with E-state index in [4.69, 9.17) is 5.26 Å². The van der Waals surface area contributed by atoms with Gasteiger partial charge < -0.3 is 20.3 Å². The average Bonchev–Trinajstić information content (AvgIpc) is 3.21. The molecule has 1 aromatic heterocycles. The van der Waals surface area contributed by atoms with Crippen LogP contribution in [0.4, 0.5) is 0 Å². The Morgan fingerprint density at radius 1 is 1.03 bits per heavy atom. The summed E-state index contributed by atoms with van der Waals surface area (Å²) in [6.07, 6.45) is 2.73. The molecule has 8 heteroatoms. The first kappa shape index (κ1) is 24.2. The van der Waals surface area contributed by atoms with Gasteiger partial charge in [0.05, 0.1) is 18.1 Å². The number of likely N-dealkylation sites (N-methyl/N-ethyl adjacent to an activating group) is 1. The van der Waals surface area contributed by atoms with Gasteiger partial charge in [0.2, 0.25) is 11.8 Å². The summed E-state index contributed by atoms with van der Waals surface area (Å²) in [4.78, 5) is 36.6. The van der Waals surface area contributed by atoms with Gasteiger partial charge in [0.15, 0.2) is 0 Å². The largest absolute Gasteiger partial charge is 0.481 e. The predicted octanol–water partition coefficient (Wildman–Crippen LogP) is 2.05. The molecule has 0 fully saturated rings. The lowest BCUT2D eigenvalue weighted by atomic mass is 9.86. The molecule has 3 N–H and O–H groups in total. The van der Waals surface area contributed by atoms with Gasteiger partial charge in [-0.1, -0.05) is 32.6 Å². The van der Waals surface area contributed by atoms with Gasteiger partial charge in [0, 0.05) is 30.6 Å². The summed E-state index contributed by atoms with van der Waals surface area (Å²) in [6.45, 7) is 5.43. The Bertz CT molecular complexity index is 1090. The van der Waals surface area contributed by atoms with Crippen LogP contribution in [0.5, 0.6) is 0 Å². The minimum Gasteiger partial charge on any atom is -0.481 e.